The second-order valence-corrected chi connectivity index (χ2v) is 7.35. The Bertz CT molecular complexity index is 688. The minimum absolute atomic E-state index is 0.289. The third kappa shape index (κ3) is 3.47. The monoisotopic (exact) mass is 344 g/mol. The maximum absolute atomic E-state index is 12.3. The van der Waals surface area contributed by atoms with Gasteiger partial charge in [-0.3, -0.25) is 9.19 Å². The molecule has 0 unspecified atom stereocenters. The van der Waals surface area contributed by atoms with E-state index in [2.05, 4.69) is 10.1 Å². The molecule has 2 heterocycles. The molecule has 0 amide bonds. The van der Waals surface area contributed by atoms with Crippen LogP contribution in [0.1, 0.15) is 35.6 Å². The molecule has 0 aromatic carbocycles. The molecule has 1 aliphatic carbocycles. The van der Waals surface area contributed by atoms with Crippen molar-refractivity contribution in [2.45, 2.75) is 37.2 Å². The lowest BCUT2D eigenvalue weighted by atomic mass is 9.97. The largest absolute Gasteiger partial charge is 0.361 e. The average Bonchev–Trinajstić information content (AvgIpc) is 2.85. The summed E-state index contributed by atoms with van der Waals surface area (Å²) in [5.41, 5.74) is 2.55. The van der Waals surface area contributed by atoms with Gasteiger partial charge in [0.25, 0.3) is 0 Å². The lowest BCUT2D eigenvalue weighted by Gasteiger charge is -2.09. The van der Waals surface area contributed by atoms with E-state index in [0.29, 0.717) is 21.5 Å². The van der Waals surface area contributed by atoms with Crippen LogP contribution in [0.25, 0.3) is 0 Å². The number of halogens is 2. The van der Waals surface area contributed by atoms with Gasteiger partial charge >= 0.3 is 0 Å². The highest BCUT2D eigenvalue weighted by atomic mass is 35.5. The Balaban J connectivity index is 1.70. The second-order valence-electron chi connectivity index (χ2n) is 5.05. The highest BCUT2D eigenvalue weighted by Crippen LogP contribution is 2.26. The van der Waals surface area contributed by atoms with E-state index in [1.165, 1.54) is 6.20 Å². The van der Waals surface area contributed by atoms with Crippen LogP contribution in [-0.4, -0.2) is 14.3 Å². The number of pyridine rings is 1. The molecule has 1 aliphatic rings. The summed E-state index contributed by atoms with van der Waals surface area (Å²) in [5.74, 6) is 1.62. The molecule has 3 rings (SSSR count). The molecule has 0 aliphatic heterocycles. The van der Waals surface area contributed by atoms with Crippen molar-refractivity contribution in [1.82, 2.24) is 10.1 Å². The zero-order valence-corrected chi connectivity index (χ0v) is 13.6. The first-order chi connectivity index (χ1) is 10.1. The fourth-order valence-electron chi connectivity index (χ4n) is 2.47. The average molecular weight is 345 g/mol. The molecular weight excluding hydrogens is 331 g/mol. The molecule has 4 nitrogen and oxygen atoms in total. The van der Waals surface area contributed by atoms with Crippen LogP contribution in [-0.2, 0) is 35.1 Å². The lowest BCUT2D eigenvalue weighted by molar-refractivity contribution is 0.369. The SMILES string of the molecule is O=[S@](Cc1ncc(Cl)cc1Cl)Cc1noc2c1CCCC2. The van der Waals surface area contributed by atoms with Crippen molar-refractivity contribution in [3.63, 3.8) is 0 Å². The van der Waals surface area contributed by atoms with Gasteiger partial charge in [-0.1, -0.05) is 28.4 Å². The van der Waals surface area contributed by atoms with Gasteiger partial charge in [-0.25, -0.2) is 0 Å². The number of hydrogen-bond donors (Lipinski definition) is 0. The summed E-state index contributed by atoms with van der Waals surface area (Å²) in [4.78, 5) is 4.13. The fraction of sp³-hybridized carbons (Fsp3) is 0.429. The molecule has 1 atom stereocenters. The summed E-state index contributed by atoms with van der Waals surface area (Å²) in [7, 11) is -1.13. The topological polar surface area (TPSA) is 56.0 Å². The Morgan fingerprint density at radius 2 is 1.95 bits per heavy atom. The molecule has 2 aromatic heterocycles. The van der Waals surface area contributed by atoms with Crippen molar-refractivity contribution in [2.75, 3.05) is 0 Å². The van der Waals surface area contributed by atoms with Crippen LogP contribution < -0.4 is 0 Å². The molecule has 21 heavy (non-hydrogen) atoms. The number of aryl methyl sites for hydroxylation is 1. The van der Waals surface area contributed by atoms with Crippen molar-refractivity contribution >= 4 is 34.0 Å². The van der Waals surface area contributed by atoms with Gasteiger partial charge in [0.1, 0.15) is 5.76 Å². The van der Waals surface area contributed by atoms with Crippen molar-refractivity contribution in [3.8, 4) is 0 Å². The first-order valence-corrected chi connectivity index (χ1v) is 8.99. The van der Waals surface area contributed by atoms with Gasteiger partial charge in [-0.05, 0) is 25.3 Å². The molecule has 0 radical (unpaired) electrons. The van der Waals surface area contributed by atoms with E-state index in [4.69, 9.17) is 27.7 Å². The Labute approximate surface area is 135 Å². The quantitative estimate of drug-likeness (QED) is 0.848. The third-order valence-electron chi connectivity index (χ3n) is 3.51. The third-order valence-corrected chi connectivity index (χ3v) is 5.24. The van der Waals surface area contributed by atoms with Gasteiger partial charge in [0.15, 0.2) is 0 Å². The Kier molecular flexibility index (Phi) is 4.62. The molecule has 112 valence electrons. The Morgan fingerprint density at radius 1 is 1.19 bits per heavy atom. The molecule has 0 saturated carbocycles. The Morgan fingerprint density at radius 3 is 2.76 bits per heavy atom. The van der Waals surface area contributed by atoms with Crippen molar-refractivity contribution in [3.05, 3.63) is 45.0 Å². The zero-order valence-electron chi connectivity index (χ0n) is 11.3. The number of nitrogens with zero attached hydrogens (tertiary/aromatic N) is 2. The number of rotatable bonds is 4. The fourth-order valence-corrected chi connectivity index (χ4v) is 4.16. The summed E-state index contributed by atoms with van der Waals surface area (Å²) in [6.07, 6.45) is 5.68. The molecule has 0 N–H and O–H groups in total. The zero-order chi connectivity index (χ0) is 14.8. The molecule has 0 spiro atoms. The summed E-state index contributed by atoms with van der Waals surface area (Å²) in [6.45, 7) is 0. The first kappa shape index (κ1) is 15.0. The van der Waals surface area contributed by atoms with Crippen LogP contribution in [0.15, 0.2) is 16.8 Å². The number of aromatic nitrogens is 2. The molecule has 0 saturated heterocycles. The Hall–Kier alpha value is -0.910. The van der Waals surface area contributed by atoms with Crippen molar-refractivity contribution < 1.29 is 8.73 Å². The predicted octanol–water partition coefficient (Wildman–Crippen LogP) is 3.70. The van der Waals surface area contributed by atoms with E-state index in [0.717, 1.165) is 42.7 Å². The maximum atomic E-state index is 12.3. The van der Waals surface area contributed by atoms with Gasteiger partial charge in [-0.2, -0.15) is 0 Å². The predicted molar refractivity (Wildman–Crippen MR) is 83.0 cm³/mol. The van der Waals surface area contributed by atoms with Crippen LogP contribution in [0.3, 0.4) is 0 Å². The van der Waals surface area contributed by atoms with Crippen molar-refractivity contribution in [2.24, 2.45) is 0 Å². The van der Waals surface area contributed by atoms with Gasteiger partial charge in [0.2, 0.25) is 0 Å². The molecule has 0 fully saturated rings. The van der Waals surface area contributed by atoms with E-state index in [9.17, 15) is 4.21 Å². The summed E-state index contributed by atoms with van der Waals surface area (Å²) >= 11 is 11.9. The minimum atomic E-state index is -1.13. The summed E-state index contributed by atoms with van der Waals surface area (Å²) < 4.78 is 17.6. The highest BCUT2D eigenvalue weighted by Gasteiger charge is 2.21. The first-order valence-electron chi connectivity index (χ1n) is 6.74. The smallest absolute Gasteiger partial charge is 0.140 e. The lowest BCUT2D eigenvalue weighted by Crippen LogP contribution is -2.06. The van der Waals surface area contributed by atoms with Crippen LogP contribution in [0.4, 0.5) is 0 Å². The molecular formula is C14H14Cl2N2O2S. The number of hydrogen-bond acceptors (Lipinski definition) is 4. The van der Waals surface area contributed by atoms with Crippen LogP contribution >= 0.6 is 23.2 Å². The minimum Gasteiger partial charge on any atom is -0.361 e. The van der Waals surface area contributed by atoms with Gasteiger partial charge in [0, 0.05) is 29.0 Å². The van der Waals surface area contributed by atoms with Gasteiger partial charge in [-0.15, -0.1) is 0 Å². The summed E-state index contributed by atoms with van der Waals surface area (Å²) in [6, 6.07) is 1.61. The van der Waals surface area contributed by atoms with E-state index < -0.39 is 10.8 Å². The van der Waals surface area contributed by atoms with Gasteiger partial charge in [0.05, 0.1) is 32.9 Å². The molecule has 2 aromatic rings. The standard InChI is InChI=1S/C14H14Cl2N2O2S/c15-9-5-11(16)13(17-6-9)8-21(19)7-12-10-3-1-2-4-14(10)20-18-12/h5-6H,1-4,7-8H2/t21-/m0/s1. The van der Waals surface area contributed by atoms with E-state index in [-0.39, 0.29) is 5.75 Å². The summed E-state index contributed by atoms with van der Waals surface area (Å²) in [5, 5.41) is 4.99. The van der Waals surface area contributed by atoms with Gasteiger partial charge < -0.3 is 4.52 Å². The molecule has 7 heteroatoms. The maximum Gasteiger partial charge on any atom is 0.140 e. The van der Waals surface area contributed by atoms with Crippen LogP contribution in [0.2, 0.25) is 10.0 Å². The second kappa shape index (κ2) is 6.46. The highest BCUT2D eigenvalue weighted by molar-refractivity contribution is 7.83. The van der Waals surface area contributed by atoms with Crippen LogP contribution in [0, 0.1) is 0 Å². The molecule has 0 bridgehead atoms. The van der Waals surface area contributed by atoms with E-state index >= 15 is 0 Å². The normalized spacial score (nSPS) is 15.7. The van der Waals surface area contributed by atoms with Crippen molar-refractivity contribution in [1.29, 1.82) is 0 Å². The number of fused-ring (bicyclic) bond motifs is 1. The van der Waals surface area contributed by atoms with E-state index in [1.54, 1.807) is 6.07 Å². The van der Waals surface area contributed by atoms with E-state index in [1.807, 2.05) is 0 Å². The van der Waals surface area contributed by atoms with Crippen LogP contribution in [0.5, 0.6) is 0 Å².